The molecule has 0 aliphatic heterocycles. The van der Waals surface area contributed by atoms with Gasteiger partial charge in [0.05, 0.1) is 16.9 Å². The second-order valence-electron chi connectivity index (χ2n) is 4.85. The third-order valence-corrected chi connectivity index (χ3v) is 4.53. The number of nitrogens with two attached hydrogens (primary N) is 1. The third-order valence-electron chi connectivity index (χ3n) is 3.47. The smallest absolute Gasteiger partial charge is 0.113 e. The SMILES string of the molecule is Cc1nn(C)cc1-c1csc(C2(N)CCC2)n1. The molecule has 1 fully saturated rings. The minimum atomic E-state index is -0.154. The van der Waals surface area contributed by atoms with E-state index in [2.05, 4.69) is 15.5 Å². The Kier molecular flexibility index (Phi) is 2.34. The summed E-state index contributed by atoms with van der Waals surface area (Å²) < 4.78 is 1.82. The topological polar surface area (TPSA) is 56.7 Å². The van der Waals surface area contributed by atoms with Gasteiger partial charge in [-0.15, -0.1) is 11.3 Å². The molecule has 4 nitrogen and oxygen atoms in total. The van der Waals surface area contributed by atoms with Crippen molar-refractivity contribution >= 4 is 11.3 Å². The van der Waals surface area contributed by atoms with Crippen molar-refractivity contribution < 1.29 is 0 Å². The lowest BCUT2D eigenvalue weighted by atomic mass is 9.78. The summed E-state index contributed by atoms with van der Waals surface area (Å²) in [7, 11) is 1.93. The van der Waals surface area contributed by atoms with Crippen molar-refractivity contribution in [2.24, 2.45) is 12.8 Å². The Morgan fingerprint density at radius 1 is 1.47 bits per heavy atom. The van der Waals surface area contributed by atoms with E-state index in [1.54, 1.807) is 11.3 Å². The van der Waals surface area contributed by atoms with Crippen molar-refractivity contribution in [3.63, 3.8) is 0 Å². The first-order chi connectivity index (χ1) is 8.08. The maximum Gasteiger partial charge on any atom is 0.113 e. The number of rotatable bonds is 2. The highest BCUT2D eigenvalue weighted by atomic mass is 32.1. The molecule has 2 heterocycles. The van der Waals surface area contributed by atoms with Crippen molar-refractivity contribution in [2.45, 2.75) is 31.7 Å². The fourth-order valence-electron chi connectivity index (χ4n) is 2.25. The number of aromatic nitrogens is 3. The molecule has 0 radical (unpaired) electrons. The van der Waals surface area contributed by atoms with Gasteiger partial charge in [0.15, 0.2) is 0 Å². The van der Waals surface area contributed by atoms with Crippen LogP contribution in [-0.4, -0.2) is 14.8 Å². The quantitative estimate of drug-likeness (QED) is 0.886. The fraction of sp³-hybridized carbons (Fsp3) is 0.500. The van der Waals surface area contributed by atoms with E-state index < -0.39 is 0 Å². The molecule has 2 N–H and O–H groups in total. The van der Waals surface area contributed by atoms with Crippen LogP contribution < -0.4 is 5.73 Å². The van der Waals surface area contributed by atoms with E-state index in [0.717, 1.165) is 34.8 Å². The van der Waals surface area contributed by atoms with Crippen LogP contribution in [0, 0.1) is 6.92 Å². The number of hydrogen-bond donors (Lipinski definition) is 1. The maximum absolute atomic E-state index is 6.29. The van der Waals surface area contributed by atoms with Gasteiger partial charge in [0.2, 0.25) is 0 Å². The van der Waals surface area contributed by atoms with Crippen LogP contribution in [0.5, 0.6) is 0 Å². The number of hydrogen-bond acceptors (Lipinski definition) is 4. The van der Waals surface area contributed by atoms with Crippen molar-refractivity contribution in [1.29, 1.82) is 0 Å². The highest BCUT2D eigenvalue weighted by Gasteiger charge is 2.37. The Balaban J connectivity index is 1.97. The zero-order chi connectivity index (χ0) is 12.0. The van der Waals surface area contributed by atoms with Crippen LogP contribution >= 0.6 is 11.3 Å². The van der Waals surface area contributed by atoms with E-state index in [1.165, 1.54) is 6.42 Å². The first kappa shape index (κ1) is 10.9. The molecular formula is C12H16N4S. The Hall–Kier alpha value is -1.20. The molecule has 90 valence electrons. The van der Waals surface area contributed by atoms with E-state index in [4.69, 9.17) is 5.73 Å². The zero-order valence-corrected chi connectivity index (χ0v) is 10.9. The Morgan fingerprint density at radius 2 is 2.24 bits per heavy atom. The van der Waals surface area contributed by atoms with Gasteiger partial charge >= 0.3 is 0 Å². The molecule has 0 amide bonds. The van der Waals surface area contributed by atoms with E-state index >= 15 is 0 Å². The minimum Gasteiger partial charge on any atom is -0.319 e. The van der Waals surface area contributed by atoms with Gasteiger partial charge in [-0.25, -0.2) is 4.98 Å². The van der Waals surface area contributed by atoms with Gasteiger partial charge in [0, 0.05) is 24.2 Å². The largest absolute Gasteiger partial charge is 0.319 e. The average molecular weight is 248 g/mol. The molecule has 0 saturated heterocycles. The summed E-state index contributed by atoms with van der Waals surface area (Å²) in [5.74, 6) is 0. The van der Waals surface area contributed by atoms with Crippen molar-refractivity contribution in [2.75, 3.05) is 0 Å². The Morgan fingerprint density at radius 3 is 2.76 bits per heavy atom. The minimum absolute atomic E-state index is 0.154. The van der Waals surface area contributed by atoms with Crippen LogP contribution in [0.3, 0.4) is 0 Å². The van der Waals surface area contributed by atoms with Crippen LogP contribution in [0.4, 0.5) is 0 Å². The standard InChI is InChI=1S/C12H16N4S/c1-8-9(6-16(2)15-8)10-7-17-11(14-10)12(13)4-3-5-12/h6-7H,3-5,13H2,1-2H3. The van der Waals surface area contributed by atoms with E-state index in [1.807, 2.05) is 24.9 Å². The summed E-state index contributed by atoms with van der Waals surface area (Å²) in [6.45, 7) is 2.01. The Bertz CT molecular complexity index is 551. The second kappa shape index (κ2) is 3.65. The van der Waals surface area contributed by atoms with Crippen molar-refractivity contribution in [3.05, 3.63) is 22.3 Å². The molecule has 0 spiro atoms. The van der Waals surface area contributed by atoms with Gasteiger partial charge in [-0.1, -0.05) is 0 Å². The van der Waals surface area contributed by atoms with Gasteiger partial charge in [-0.2, -0.15) is 5.10 Å². The third kappa shape index (κ3) is 1.70. The van der Waals surface area contributed by atoms with Gasteiger partial charge in [-0.05, 0) is 26.2 Å². The predicted molar refractivity (Wildman–Crippen MR) is 68.8 cm³/mol. The summed E-state index contributed by atoms with van der Waals surface area (Å²) in [6.07, 6.45) is 5.35. The lowest BCUT2D eigenvalue weighted by Gasteiger charge is -2.35. The number of thiazole rings is 1. The van der Waals surface area contributed by atoms with Gasteiger partial charge < -0.3 is 5.73 Å². The second-order valence-corrected chi connectivity index (χ2v) is 5.71. The van der Waals surface area contributed by atoms with E-state index in [0.29, 0.717) is 0 Å². The molecule has 1 saturated carbocycles. The average Bonchev–Trinajstić information content (AvgIpc) is 2.81. The molecular weight excluding hydrogens is 232 g/mol. The summed E-state index contributed by atoms with van der Waals surface area (Å²) in [4.78, 5) is 4.69. The normalized spacial score (nSPS) is 18.1. The first-order valence-electron chi connectivity index (χ1n) is 5.84. The van der Waals surface area contributed by atoms with Gasteiger partial charge in [-0.3, -0.25) is 4.68 Å². The first-order valence-corrected chi connectivity index (χ1v) is 6.72. The molecule has 17 heavy (non-hydrogen) atoms. The van der Waals surface area contributed by atoms with Crippen LogP contribution in [0.25, 0.3) is 11.3 Å². The summed E-state index contributed by atoms with van der Waals surface area (Å²) in [5, 5.41) is 7.50. The zero-order valence-electron chi connectivity index (χ0n) is 10.1. The summed E-state index contributed by atoms with van der Waals surface area (Å²) in [6, 6.07) is 0. The molecule has 3 rings (SSSR count). The predicted octanol–water partition coefficient (Wildman–Crippen LogP) is 2.19. The molecule has 0 aromatic carbocycles. The highest BCUT2D eigenvalue weighted by molar-refractivity contribution is 7.10. The van der Waals surface area contributed by atoms with Crippen LogP contribution in [-0.2, 0) is 12.6 Å². The molecule has 1 aliphatic rings. The molecule has 0 atom stereocenters. The van der Waals surface area contributed by atoms with E-state index in [-0.39, 0.29) is 5.54 Å². The van der Waals surface area contributed by atoms with Gasteiger partial charge in [0.25, 0.3) is 0 Å². The van der Waals surface area contributed by atoms with Gasteiger partial charge in [0.1, 0.15) is 5.01 Å². The Labute approximate surface area is 104 Å². The number of aryl methyl sites for hydroxylation is 2. The van der Waals surface area contributed by atoms with Crippen LogP contribution in [0.1, 0.15) is 30.0 Å². The summed E-state index contributed by atoms with van der Waals surface area (Å²) in [5.41, 5.74) is 9.27. The molecule has 0 unspecified atom stereocenters. The van der Waals surface area contributed by atoms with Crippen LogP contribution in [0.2, 0.25) is 0 Å². The van der Waals surface area contributed by atoms with Crippen molar-refractivity contribution in [1.82, 2.24) is 14.8 Å². The summed E-state index contributed by atoms with van der Waals surface area (Å²) >= 11 is 1.67. The highest BCUT2D eigenvalue weighted by Crippen LogP contribution is 2.41. The molecule has 1 aliphatic carbocycles. The van der Waals surface area contributed by atoms with Crippen LogP contribution in [0.15, 0.2) is 11.6 Å². The molecule has 2 aromatic rings. The lowest BCUT2D eigenvalue weighted by molar-refractivity contribution is 0.253. The molecule has 5 heteroatoms. The van der Waals surface area contributed by atoms with Crippen molar-refractivity contribution in [3.8, 4) is 11.3 Å². The number of nitrogens with zero attached hydrogens (tertiary/aromatic N) is 3. The molecule has 0 bridgehead atoms. The maximum atomic E-state index is 6.29. The molecule has 2 aromatic heterocycles. The lowest BCUT2D eigenvalue weighted by Crippen LogP contribution is -2.43. The van der Waals surface area contributed by atoms with E-state index in [9.17, 15) is 0 Å². The fourth-order valence-corrected chi connectivity index (χ4v) is 3.24. The monoisotopic (exact) mass is 248 g/mol.